The van der Waals surface area contributed by atoms with Gasteiger partial charge in [-0.15, -0.1) is 0 Å². The molecule has 12 heteroatoms. The number of hydrogen-bond donors (Lipinski definition) is 1. The zero-order valence-corrected chi connectivity index (χ0v) is 20.5. The van der Waals surface area contributed by atoms with Crippen LogP contribution in [0.4, 0.5) is 28.9 Å². The highest BCUT2D eigenvalue weighted by molar-refractivity contribution is 6.06. The molecule has 0 atom stereocenters. The molecule has 6 rings (SSSR count). The van der Waals surface area contributed by atoms with Crippen molar-refractivity contribution in [3.05, 3.63) is 83.9 Å². The molecule has 1 spiro atoms. The molecule has 0 aliphatic carbocycles. The zero-order valence-electron chi connectivity index (χ0n) is 20.5. The van der Waals surface area contributed by atoms with Crippen molar-refractivity contribution < 1.29 is 27.2 Å². The van der Waals surface area contributed by atoms with Gasteiger partial charge in [-0.3, -0.25) is 19.6 Å². The van der Waals surface area contributed by atoms with Crippen LogP contribution in [0, 0.1) is 5.82 Å². The second-order valence-corrected chi connectivity index (χ2v) is 9.66. The summed E-state index contributed by atoms with van der Waals surface area (Å²) < 4.78 is 54.3. The average molecular weight is 539 g/mol. The highest BCUT2D eigenvalue weighted by Crippen LogP contribution is 2.42. The molecular formula is C27H22F4N6O2. The SMILES string of the molecule is O=C(c1cnc2[nH]ncc2c1)N1CCC2(CC1)C(=O)N(c1ccc(C(F)(F)F)cc1F)CN2c1ccccc1. The lowest BCUT2D eigenvalue weighted by molar-refractivity contribution is -0.137. The summed E-state index contributed by atoms with van der Waals surface area (Å²) in [5.74, 6) is -1.78. The molecule has 200 valence electrons. The van der Waals surface area contributed by atoms with Crippen LogP contribution < -0.4 is 9.80 Å². The molecule has 0 unspecified atom stereocenters. The second kappa shape index (κ2) is 9.07. The van der Waals surface area contributed by atoms with Crippen molar-refractivity contribution in [2.75, 3.05) is 29.6 Å². The summed E-state index contributed by atoms with van der Waals surface area (Å²) in [7, 11) is 0. The number of nitrogens with one attached hydrogen (secondary N) is 1. The maximum atomic E-state index is 15.0. The van der Waals surface area contributed by atoms with Gasteiger partial charge < -0.3 is 9.80 Å². The summed E-state index contributed by atoms with van der Waals surface area (Å²) in [6.45, 7) is 0.460. The number of hydrogen-bond acceptors (Lipinski definition) is 5. The van der Waals surface area contributed by atoms with Crippen LogP contribution in [0.3, 0.4) is 0 Å². The van der Waals surface area contributed by atoms with Gasteiger partial charge in [0.1, 0.15) is 11.4 Å². The molecule has 0 bridgehead atoms. The number of carbonyl (C=O) groups excluding carboxylic acids is 2. The normalized spacial score (nSPS) is 17.4. The Kier molecular flexibility index (Phi) is 5.77. The number of pyridine rings is 1. The number of likely N-dealkylation sites (tertiary alicyclic amines) is 1. The number of nitrogens with zero attached hydrogens (tertiary/aromatic N) is 5. The van der Waals surface area contributed by atoms with Gasteiger partial charge >= 0.3 is 6.18 Å². The molecule has 2 aliphatic heterocycles. The topological polar surface area (TPSA) is 85.4 Å². The third-order valence-corrected chi connectivity index (χ3v) is 7.49. The summed E-state index contributed by atoms with van der Waals surface area (Å²) in [4.78, 5) is 36.1. The Hall–Kier alpha value is -4.48. The van der Waals surface area contributed by atoms with E-state index in [2.05, 4.69) is 15.2 Å². The van der Waals surface area contributed by atoms with Crippen LogP contribution in [0.1, 0.15) is 28.8 Å². The number of anilines is 2. The van der Waals surface area contributed by atoms with Gasteiger partial charge in [0.15, 0.2) is 5.65 Å². The monoisotopic (exact) mass is 538 g/mol. The van der Waals surface area contributed by atoms with Gasteiger partial charge in [-0.2, -0.15) is 18.3 Å². The van der Waals surface area contributed by atoms with Crippen LogP contribution in [0.2, 0.25) is 0 Å². The number of aromatic nitrogens is 3. The molecule has 2 aromatic carbocycles. The molecule has 2 aliphatic rings. The first-order valence-corrected chi connectivity index (χ1v) is 12.3. The van der Waals surface area contributed by atoms with E-state index in [4.69, 9.17) is 0 Å². The van der Waals surface area contributed by atoms with Crippen molar-refractivity contribution in [1.29, 1.82) is 0 Å². The van der Waals surface area contributed by atoms with Gasteiger partial charge in [0.2, 0.25) is 0 Å². The average Bonchev–Trinajstić information content (AvgIpc) is 3.51. The molecule has 4 heterocycles. The smallest absolute Gasteiger partial charge is 0.338 e. The van der Waals surface area contributed by atoms with Crippen LogP contribution in [0.25, 0.3) is 11.0 Å². The number of benzene rings is 2. The number of alkyl halides is 3. The molecule has 4 aromatic rings. The van der Waals surface area contributed by atoms with Crippen LogP contribution in [0.15, 0.2) is 67.0 Å². The van der Waals surface area contributed by atoms with Gasteiger partial charge in [-0.25, -0.2) is 9.37 Å². The Bertz CT molecular complexity index is 1560. The van der Waals surface area contributed by atoms with Crippen LogP contribution >= 0.6 is 0 Å². The third kappa shape index (κ3) is 4.16. The van der Waals surface area contributed by atoms with Crippen LogP contribution in [0.5, 0.6) is 0 Å². The molecule has 2 fully saturated rings. The lowest BCUT2D eigenvalue weighted by Crippen LogP contribution is -2.57. The van der Waals surface area contributed by atoms with E-state index in [1.54, 1.807) is 17.2 Å². The van der Waals surface area contributed by atoms with E-state index in [-0.39, 0.29) is 44.2 Å². The fraction of sp³-hybridized carbons (Fsp3) is 0.259. The van der Waals surface area contributed by atoms with Gasteiger partial charge in [0.05, 0.1) is 29.7 Å². The molecular weight excluding hydrogens is 516 g/mol. The molecule has 8 nitrogen and oxygen atoms in total. The summed E-state index contributed by atoms with van der Waals surface area (Å²) in [5.41, 5.74) is -0.764. The minimum atomic E-state index is -4.71. The fourth-order valence-electron chi connectivity index (χ4n) is 5.43. The van der Waals surface area contributed by atoms with E-state index in [0.717, 1.165) is 17.8 Å². The van der Waals surface area contributed by atoms with Crippen molar-refractivity contribution >= 4 is 34.2 Å². The first-order valence-electron chi connectivity index (χ1n) is 12.3. The Morgan fingerprint density at radius 1 is 1.00 bits per heavy atom. The van der Waals surface area contributed by atoms with Crippen molar-refractivity contribution in [3.63, 3.8) is 0 Å². The Balaban J connectivity index is 1.30. The number of aromatic amines is 1. The van der Waals surface area contributed by atoms with E-state index >= 15 is 0 Å². The number of H-pyrrole nitrogens is 1. The van der Waals surface area contributed by atoms with E-state index in [0.29, 0.717) is 22.7 Å². The molecule has 1 N–H and O–H groups in total. The van der Waals surface area contributed by atoms with Crippen molar-refractivity contribution in [3.8, 4) is 0 Å². The Labute approximate surface area is 219 Å². The largest absolute Gasteiger partial charge is 0.416 e. The first-order chi connectivity index (χ1) is 18.7. The van der Waals surface area contributed by atoms with E-state index in [9.17, 15) is 27.2 Å². The lowest BCUT2D eigenvalue weighted by Gasteiger charge is -2.43. The number of halogens is 4. The van der Waals surface area contributed by atoms with E-state index in [1.807, 2.05) is 35.2 Å². The number of carbonyl (C=O) groups is 2. The fourth-order valence-corrected chi connectivity index (χ4v) is 5.43. The summed E-state index contributed by atoms with van der Waals surface area (Å²) in [6.07, 6.45) is -1.14. The van der Waals surface area contributed by atoms with E-state index < -0.39 is 29.0 Å². The van der Waals surface area contributed by atoms with Crippen LogP contribution in [-0.4, -0.2) is 57.2 Å². The van der Waals surface area contributed by atoms with Crippen LogP contribution in [-0.2, 0) is 11.0 Å². The number of amides is 2. The van der Waals surface area contributed by atoms with Gasteiger partial charge in [-0.05, 0) is 49.2 Å². The van der Waals surface area contributed by atoms with Gasteiger partial charge in [-0.1, -0.05) is 18.2 Å². The zero-order chi connectivity index (χ0) is 27.4. The van der Waals surface area contributed by atoms with Crippen molar-refractivity contribution in [2.24, 2.45) is 0 Å². The molecule has 0 radical (unpaired) electrons. The van der Waals surface area contributed by atoms with E-state index in [1.165, 1.54) is 11.1 Å². The predicted molar refractivity (Wildman–Crippen MR) is 134 cm³/mol. The Morgan fingerprint density at radius 3 is 2.44 bits per heavy atom. The number of piperidine rings is 1. The summed E-state index contributed by atoms with van der Waals surface area (Å²) in [6, 6.07) is 13.0. The van der Waals surface area contributed by atoms with Crippen molar-refractivity contribution in [1.82, 2.24) is 20.1 Å². The van der Waals surface area contributed by atoms with Gasteiger partial charge in [0.25, 0.3) is 11.8 Å². The first kappa shape index (κ1) is 24.8. The number of rotatable bonds is 3. The van der Waals surface area contributed by atoms with Gasteiger partial charge in [0, 0.05) is 30.4 Å². The Morgan fingerprint density at radius 2 is 1.74 bits per heavy atom. The maximum Gasteiger partial charge on any atom is 0.416 e. The molecule has 2 aromatic heterocycles. The second-order valence-electron chi connectivity index (χ2n) is 9.66. The summed E-state index contributed by atoms with van der Waals surface area (Å²) >= 11 is 0. The lowest BCUT2D eigenvalue weighted by atomic mass is 9.85. The highest BCUT2D eigenvalue weighted by atomic mass is 19.4. The minimum absolute atomic E-state index is 0.0415. The predicted octanol–water partition coefficient (Wildman–Crippen LogP) is 4.60. The van der Waals surface area contributed by atoms with Crippen molar-refractivity contribution in [2.45, 2.75) is 24.6 Å². The quantitative estimate of drug-likeness (QED) is 0.386. The maximum absolute atomic E-state index is 15.0. The molecule has 2 amide bonds. The molecule has 2 saturated heterocycles. The molecule has 0 saturated carbocycles. The minimum Gasteiger partial charge on any atom is -0.338 e. The number of para-hydroxylation sites is 1. The number of fused-ring (bicyclic) bond motifs is 1. The summed E-state index contributed by atoms with van der Waals surface area (Å²) in [5, 5.41) is 7.36. The third-order valence-electron chi connectivity index (χ3n) is 7.49. The highest BCUT2D eigenvalue weighted by Gasteiger charge is 2.55. The standard InChI is InChI=1S/C27H22F4N6O2/c28-21-13-19(27(29,30)31)6-7-22(21)36-16-37(20-4-2-1-3-5-20)26(25(36)39)8-10-35(11-9-26)24(38)18-12-17-15-33-34-23(17)32-14-18/h1-7,12-15H,8-11,16H2,(H,32,33,34). The molecule has 39 heavy (non-hydrogen) atoms.